The van der Waals surface area contributed by atoms with Gasteiger partial charge in [-0.1, -0.05) is 49.6 Å². The molecule has 0 aromatic heterocycles. The van der Waals surface area contributed by atoms with E-state index in [0.717, 1.165) is 54.8 Å². The number of benzene rings is 3. The first kappa shape index (κ1) is 47.5. The molecule has 1 N–H and O–H groups in total. The standard InChI is InChI=1S/C53H63N5O11/c1-6-21-68-51(62)56-32-38-25-37(35-13-11-34(12-14-35)36-15-19-54(3)20-16-36)31-55(38)48(59)39-26-44(64-4)46(28-41(39)56)66-23-9-8-10-24-67-47-29-42-40(27-45(47)65-5)49(60)57-33-53(17-18-53)30-43(57)50(61)58(42)52(63)69-22-7-2/h6-7,11-14,26-29,31,36,38,43,50,61H,1-2,8-10,15-25,30,32-33H2,3-5H3/t38-,43-,50?/m0/s1. The Morgan fingerprint density at radius 3 is 2.01 bits per heavy atom. The number of aliphatic hydroxyl groups excluding tert-OH is 1. The van der Waals surface area contributed by atoms with E-state index in [9.17, 15) is 24.3 Å². The number of anilines is 2. The van der Waals surface area contributed by atoms with E-state index < -0.39 is 24.5 Å². The molecule has 1 unspecified atom stereocenters. The third-order valence-electron chi connectivity index (χ3n) is 14.6. The normalized spacial score (nSPS) is 21.6. The van der Waals surface area contributed by atoms with Gasteiger partial charge in [0.05, 0.1) is 68.6 Å². The van der Waals surface area contributed by atoms with E-state index in [2.05, 4.69) is 49.4 Å². The lowest BCUT2D eigenvalue weighted by Gasteiger charge is -2.31. The Morgan fingerprint density at radius 2 is 1.41 bits per heavy atom. The molecule has 1 spiro atoms. The van der Waals surface area contributed by atoms with E-state index in [1.807, 2.05) is 6.20 Å². The van der Waals surface area contributed by atoms with Gasteiger partial charge in [-0.3, -0.25) is 14.5 Å². The van der Waals surface area contributed by atoms with Crippen molar-refractivity contribution in [3.63, 3.8) is 0 Å². The summed E-state index contributed by atoms with van der Waals surface area (Å²) in [5.74, 6) is 1.35. The fourth-order valence-electron chi connectivity index (χ4n) is 10.5. The summed E-state index contributed by atoms with van der Waals surface area (Å²) in [5, 5.41) is 11.7. The maximum absolute atomic E-state index is 14.4. The molecule has 3 aromatic carbocycles. The number of hydrogen-bond donors (Lipinski definition) is 1. The van der Waals surface area contributed by atoms with E-state index in [1.165, 1.54) is 36.8 Å². The maximum Gasteiger partial charge on any atom is 0.416 e. The summed E-state index contributed by atoms with van der Waals surface area (Å²) < 4.78 is 34.9. The second kappa shape index (κ2) is 20.2. The Kier molecular flexibility index (Phi) is 13.9. The van der Waals surface area contributed by atoms with Crippen LogP contribution in [0.1, 0.15) is 95.5 Å². The first-order valence-electron chi connectivity index (χ1n) is 24.1. The van der Waals surface area contributed by atoms with Gasteiger partial charge in [0.15, 0.2) is 29.2 Å². The Hall–Kier alpha value is -6.52. The topological polar surface area (TPSA) is 160 Å². The summed E-state index contributed by atoms with van der Waals surface area (Å²) in [4.78, 5) is 64.1. The van der Waals surface area contributed by atoms with Crippen molar-refractivity contribution in [2.75, 3.05) is 83.7 Å². The third-order valence-corrected chi connectivity index (χ3v) is 14.6. The molecule has 16 heteroatoms. The van der Waals surface area contributed by atoms with Gasteiger partial charge in [0.2, 0.25) is 0 Å². The number of aliphatic hydroxyl groups is 1. The highest BCUT2D eigenvalue weighted by atomic mass is 16.6. The average molecular weight is 946 g/mol. The number of methoxy groups -OCH3 is 2. The van der Waals surface area contributed by atoms with Crippen molar-refractivity contribution in [2.45, 2.75) is 82.0 Å². The van der Waals surface area contributed by atoms with Crippen LogP contribution < -0.4 is 28.7 Å². The first-order chi connectivity index (χ1) is 33.5. The number of amides is 4. The molecule has 3 atom stereocenters. The molecule has 0 bridgehead atoms. The number of ether oxygens (including phenoxy) is 6. The number of hydrogen-bond acceptors (Lipinski definition) is 12. The van der Waals surface area contributed by atoms with Crippen LogP contribution in [0.5, 0.6) is 23.0 Å². The van der Waals surface area contributed by atoms with Crippen LogP contribution in [0.2, 0.25) is 0 Å². The molecule has 1 aliphatic carbocycles. The Morgan fingerprint density at radius 1 is 0.797 bits per heavy atom. The zero-order chi connectivity index (χ0) is 48.4. The minimum absolute atomic E-state index is 0.00820. The van der Waals surface area contributed by atoms with Crippen molar-refractivity contribution in [3.8, 4) is 23.0 Å². The van der Waals surface area contributed by atoms with Gasteiger partial charge in [-0.2, -0.15) is 0 Å². The number of rotatable bonds is 16. The number of carbonyl (C=O) groups is 4. The van der Waals surface area contributed by atoms with Gasteiger partial charge in [0.25, 0.3) is 11.8 Å². The third kappa shape index (κ3) is 9.61. The molecule has 5 aliphatic heterocycles. The molecule has 6 aliphatic rings. The van der Waals surface area contributed by atoms with Gasteiger partial charge in [-0.15, -0.1) is 0 Å². The van der Waals surface area contributed by atoms with Gasteiger partial charge in [-0.25, -0.2) is 14.5 Å². The highest BCUT2D eigenvalue weighted by Crippen LogP contribution is 2.57. The van der Waals surface area contributed by atoms with Crippen LogP contribution >= 0.6 is 0 Å². The minimum Gasteiger partial charge on any atom is -0.493 e. The number of fused-ring (bicyclic) bond motifs is 4. The molecular weight excluding hydrogens is 883 g/mol. The summed E-state index contributed by atoms with van der Waals surface area (Å²) in [6, 6.07) is 14.2. The molecule has 366 valence electrons. The molecule has 9 rings (SSSR count). The van der Waals surface area contributed by atoms with Gasteiger partial charge >= 0.3 is 12.2 Å². The second-order valence-corrected chi connectivity index (χ2v) is 19.1. The molecular formula is C53H63N5O11. The van der Waals surface area contributed by atoms with Crippen molar-refractivity contribution in [3.05, 3.63) is 102 Å². The number of carbonyl (C=O) groups excluding carboxylic acids is 4. The lowest BCUT2D eigenvalue weighted by atomic mass is 9.88. The summed E-state index contributed by atoms with van der Waals surface area (Å²) in [6.07, 6.45) is 9.46. The number of unbranched alkanes of at least 4 members (excludes halogenated alkanes) is 2. The minimum atomic E-state index is -1.33. The molecule has 5 heterocycles. The fourth-order valence-corrected chi connectivity index (χ4v) is 10.5. The Bertz CT molecular complexity index is 2500. The van der Waals surface area contributed by atoms with Crippen LogP contribution in [0.3, 0.4) is 0 Å². The lowest BCUT2D eigenvalue weighted by molar-refractivity contribution is 0.0496. The number of nitrogens with zero attached hydrogens (tertiary/aromatic N) is 5. The van der Waals surface area contributed by atoms with E-state index in [1.54, 1.807) is 34.1 Å². The summed E-state index contributed by atoms with van der Waals surface area (Å²) >= 11 is 0. The van der Waals surface area contributed by atoms with Crippen molar-refractivity contribution < 1.29 is 52.7 Å². The number of likely N-dealkylation sites (tertiary alicyclic amines) is 1. The van der Waals surface area contributed by atoms with E-state index in [0.29, 0.717) is 85.4 Å². The molecule has 2 saturated heterocycles. The zero-order valence-electron chi connectivity index (χ0n) is 39.9. The van der Waals surface area contributed by atoms with Crippen LogP contribution in [0.25, 0.3) is 5.57 Å². The predicted octanol–water partition coefficient (Wildman–Crippen LogP) is 8.00. The molecule has 16 nitrogen and oxygen atoms in total. The average Bonchev–Trinajstić information content (AvgIpc) is 3.87. The van der Waals surface area contributed by atoms with Crippen molar-refractivity contribution in [1.29, 1.82) is 0 Å². The Balaban J connectivity index is 0.858. The number of piperidine rings is 1. The van der Waals surface area contributed by atoms with Crippen LogP contribution in [0, 0.1) is 5.41 Å². The van der Waals surface area contributed by atoms with E-state index in [4.69, 9.17) is 28.4 Å². The van der Waals surface area contributed by atoms with Crippen LogP contribution in [0.15, 0.2) is 80.0 Å². The molecule has 3 aromatic rings. The molecule has 0 radical (unpaired) electrons. The largest absolute Gasteiger partial charge is 0.493 e. The van der Waals surface area contributed by atoms with Crippen LogP contribution in [0.4, 0.5) is 21.0 Å². The SMILES string of the molecule is C=CCOC(=O)N1C[C@@H]2CC(c3ccc(C4CCN(C)CC4)cc3)=CN2C(=O)c2cc(OC)c(OCCCCCOc3cc4c(cc3OC)C(=O)N3CC5(CC5)C[C@H]3C(O)N4C(=O)OCC=C)cc21. The predicted molar refractivity (Wildman–Crippen MR) is 259 cm³/mol. The Labute approximate surface area is 403 Å². The summed E-state index contributed by atoms with van der Waals surface area (Å²) in [5.41, 5.74) is 4.45. The van der Waals surface area contributed by atoms with E-state index in [-0.39, 0.29) is 60.9 Å². The quantitative estimate of drug-likeness (QED) is 0.109. The van der Waals surface area contributed by atoms with Crippen molar-refractivity contribution >= 4 is 40.9 Å². The lowest BCUT2D eigenvalue weighted by Crippen LogP contribution is -2.50. The van der Waals surface area contributed by atoms with Crippen LogP contribution in [-0.4, -0.2) is 136 Å². The zero-order valence-corrected chi connectivity index (χ0v) is 39.9. The van der Waals surface area contributed by atoms with Crippen LogP contribution in [-0.2, 0) is 9.47 Å². The van der Waals surface area contributed by atoms with Gasteiger partial charge < -0.3 is 48.2 Å². The monoisotopic (exact) mass is 945 g/mol. The van der Waals surface area contributed by atoms with E-state index >= 15 is 0 Å². The fraction of sp³-hybridized carbons (Fsp3) is 0.472. The van der Waals surface area contributed by atoms with Crippen molar-refractivity contribution in [1.82, 2.24) is 14.7 Å². The highest BCUT2D eigenvalue weighted by molar-refractivity contribution is 6.07. The molecule has 3 fully saturated rings. The molecule has 69 heavy (non-hydrogen) atoms. The highest BCUT2D eigenvalue weighted by Gasteiger charge is 2.58. The van der Waals surface area contributed by atoms with Gasteiger partial charge in [0.1, 0.15) is 13.2 Å². The summed E-state index contributed by atoms with van der Waals surface area (Å²) in [7, 11) is 5.16. The maximum atomic E-state index is 14.4. The molecule has 4 amide bonds. The van der Waals surface area contributed by atoms with Gasteiger partial charge in [0, 0.05) is 24.9 Å². The van der Waals surface area contributed by atoms with Gasteiger partial charge in [-0.05, 0) is 118 Å². The summed E-state index contributed by atoms with van der Waals surface area (Å²) in [6.45, 7) is 10.7. The first-order valence-corrected chi connectivity index (χ1v) is 24.1. The van der Waals surface area contributed by atoms with Crippen molar-refractivity contribution in [2.24, 2.45) is 5.41 Å². The smallest absolute Gasteiger partial charge is 0.416 e. The molecule has 1 saturated carbocycles. The second-order valence-electron chi connectivity index (χ2n) is 19.1.